The van der Waals surface area contributed by atoms with Gasteiger partial charge in [-0.25, -0.2) is 8.42 Å². The van der Waals surface area contributed by atoms with Crippen LogP contribution < -0.4 is 10.1 Å². The molecule has 3 aromatic carbocycles. The van der Waals surface area contributed by atoms with Gasteiger partial charge in [-0.3, -0.25) is 4.79 Å². The minimum Gasteiger partial charge on any atom is -0.497 e. The fourth-order valence-corrected chi connectivity index (χ4v) is 4.45. The fourth-order valence-electron chi connectivity index (χ4n) is 3.32. The number of likely N-dealkylation sites (N-methyl/N-ethyl adjacent to an activating group) is 1. The smallest absolute Gasteiger partial charge is 0.243 e. The van der Waals surface area contributed by atoms with Crippen LogP contribution in [0.4, 0.5) is 0 Å². The van der Waals surface area contributed by atoms with Gasteiger partial charge in [-0.1, -0.05) is 54.6 Å². The normalized spacial score (nSPS) is 12.4. The highest BCUT2D eigenvalue weighted by molar-refractivity contribution is 7.89. The molecular weight excluding hydrogens is 412 g/mol. The van der Waals surface area contributed by atoms with Gasteiger partial charge in [0.15, 0.2) is 0 Å². The van der Waals surface area contributed by atoms with Crippen molar-refractivity contribution in [2.75, 3.05) is 20.7 Å². The number of rotatable bonds is 8. The second kappa shape index (κ2) is 9.76. The van der Waals surface area contributed by atoms with Crippen molar-refractivity contribution in [3.8, 4) is 5.75 Å². The van der Waals surface area contributed by atoms with E-state index in [0.29, 0.717) is 5.75 Å². The molecule has 3 rings (SSSR count). The van der Waals surface area contributed by atoms with Gasteiger partial charge in [0.2, 0.25) is 15.9 Å². The molecule has 0 unspecified atom stereocenters. The number of hydrogen-bond donors (Lipinski definition) is 1. The first-order valence-corrected chi connectivity index (χ1v) is 11.3. The van der Waals surface area contributed by atoms with Crippen molar-refractivity contribution in [3.05, 3.63) is 95.6 Å². The van der Waals surface area contributed by atoms with Crippen LogP contribution in [-0.4, -0.2) is 39.3 Å². The van der Waals surface area contributed by atoms with E-state index in [9.17, 15) is 13.2 Å². The van der Waals surface area contributed by atoms with Gasteiger partial charge in [0.25, 0.3) is 0 Å². The summed E-state index contributed by atoms with van der Waals surface area (Å²) in [5, 5.41) is 3.00. The Bertz CT molecular complexity index is 1130. The van der Waals surface area contributed by atoms with Gasteiger partial charge in [0, 0.05) is 7.05 Å². The summed E-state index contributed by atoms with van der Waals surface area (Å²) in [6.45, 7) is 1.68. The third kappa shape index (κ3) is 5.31. The SMILES string of the molecule is COc1ccc(S(=O)(=O)N(C)CC(=O)N[C@H](c2ccccc2)c2ccccc2C)cc1. The second-order valence-electron chi connectivity index (χ2n) is 7.20. The molecule has 7 heteroatoms. The number of ether oxygens (including phenoxy) is 1. The number of carbonyl (C=O) groups excluding carboxylic acids is 1. The molecule has 0 aromatic heterocycles. The number of methoxy groups -OCH3 is 1. The Kier molecular flexibility index (Phi) is 7.09. The summed E-state index contributed by atoms with van der Waals surface area (Å²) >= 11 is 0. The van der Waals surface area contributed by atoms with Gasteiger partial charge < -0.3 is 10.1 Å². The first kappa shape index (κ1) is 22.5. The monoisotopic (exact) mass is 438 g/mol. The van der Waals surface area contributed by atoms with Crippen LogP contribution >= 0.6 is 0 Å². The maximum Gasteiger partial charge on any atom is 0.243 e. The van der Waals surface area contributed by atoms with Gasteiger partial charge in [-0.2, -0.15) is 4.31 Å². The molecule has 0 aliphatic rings. The summed E-state index contributed by atoms with van der Waals surface area (Å²) < 4.78 is 31.8. The standard InChI is InChI=1S/C24H26N2O4S/c1-18-9-7-8-12-22(18)24(19-10-5-4-6-11-19)25-23(27)17-26(2)31(28,29)21-15-13-20(30-3)14-16-21/h4-16,24H,17H2,1-3H3,(H,25,27)/t24-/m1/s1. The lowest BCUT2D eigenvalue weighted by Crippen LogP contribution is -2.40. The van der Waals surface area contributed by atoms with Crippen LogP contribution in [0.15, 0.2) is 83.8 Å². The zero-order chi connectivity index (χ0) is 22.4. The van der Waals surface area contributed by atoms with E-state index >= 15 is 0 Å². The van der Waals surface area contributed by atoms with Crippen LogP contribution in [-0.2, 0) is 14.8 Å². The number of benzene rings is 3. The topological polar surface area (TPSA) is 75.7 Å². The molecule has 1 atom stereocenters. The third-order valence-corrected chi connectivity index (χ3v) is 6.89. The zero-order valence-electron chi connectivity index (χ0n) is 17.8. The van der Waals surface area contributed by atoms with Gasteiger partial charge in [-0.05, 0) is 47.9 Å². The molecule has 162 valence electrons. The van der Waals surface area contributed by atoms with Crippen molar-refractivity contribution in [1.29, 1.82) is 0 Å². The van der Waals surface area contributed by atoms with Gasteiger partial charge in [0.05, 0.1) is 24.6 Å². The van der Waals surface area contributed by atoms with Crippen LogP contribution in [0.2, 0.25) is 0 Å². The summed E-state index contributed by atoms with van der Waals surface area (Å²) in [6, 6.07) is 23.1. The zero-order valence-corrected chi connectivity index (χ0v) is 18.6. The van der Waals surface area contributed by atoms with E-state index in [2.05, 4.69) is 5.32 Å². The molecule has 1 N–H and O–H groups in total. The van der Waals surface area contributed by atoms with E-state index in [1.54, 1.807) is 12.1 Å². The molecule has 1 amide bonds. The highest BCUT2D eigenvalue weighted by Gasteiger charge is 2.25. The predicted octanol–water partition coefficient (Wildman–Crippen LogP) is 3.53. The Morgan fingerprint density at radius 2 is 1.58 bits per heavy atom. The molecule has 6 nitrogen and oxygen atoms in total. The van der Waals surface area contributed by atoms with Gasteiger partial charge >= 0.3 is 0 Å². The Morgan fingerprint density at radius 3 is 2.19 bits per heavy atom. The van der Waals surface area contributed by atoms with E-state index in [1.807, 2.05) is 61.5 Å². The summed E-state index contributed by atoms with van der Waals surface area (Å²) in [7, 11) is -0.911. The molecule has 0 heterocycles. The minimum absolute atomic E-state index is 0.0992. The van der Waals surface area contributed by atoms with Gasteiger partial charge in [0.1, 0.15) is 5.75 Å². The van der Waals surface area contributed by atoms with E-state index < -0.39 is 15.9 Å². The van der Waals surface area contributed by atoms with Crippen LogP contribution in [0.25, 0.3) is 0 Å². The number of carbonyl (C=O) groups is 1. The van der Waals surface area contributed by atoms with Crippen molar-refractivity contribution in [1.82, 2.24) is 9.62 Å². The Balaban J connectivity index is 1.79. The molecule has 0 bridgehead atoms. The third-order valence-electron chi connectivity index (χ3n) is 5.07. The number of amides is 1. The average molecular weight is 439 g/mol. The minimum atomic E-state index is -3.82. The van der Waals surface area contributed by atoms with Crippen LogP contribution in [0.3, 0.4) is 0 Å². The van der Waals surface area contributed by atoms with Crippen molar-refractivity contribution in [2.45, 2.75) is 17.9 Å². The second-order valence-corrected chi connectivity index (χ2v) is 9.25. The lowest BCUT2D eigenvalue weighted by Gasteiger charge is -2.23. The Labute approximate surface area is 183 Å². The van der Waals surface area contributed by atoms with E-state index in [-0.39, 0.29) is 17.5 Å². The van der Waals surface area contributed by atoms with Gasteiger partial charge in [-0.15, -0.1) is 0 Å². The number of sulfonamides is 1. The molecule has 3 aromatic rings. The number of hydrogen-bond acceptors (Lipinski definition) is 4. The molecule has 0 spiro atoms. The van der Waals surface area contributed by atoms with Crippen molar-refractivity contribution >= 4 is 15.9 Å². The highest BCUT2D eigenvalue weighted by atomic mass is 32.2. The predicted molar refractivity (Wildman–Crippen MR) is 120 cm³/mol. The van der Waals surface area contributed by atoms with Crippen molar-refractivity contribution in [2.24, 2.45) is 0 Å². The maximum atomic E-state index is 12.9. The summed E-state index contributed by atoms with van der Waals surface area (Å²) in [6.07, 6.45) is 0. The lowest BCUT2D eigenvalue weighted by molar-refractivity contribution is -0.121. The van der Waals surface area contributed by atoms with E-state index in [0.717, 1.165) is 21.0 Å². The maximum absolute atomic E-state index is 12.9. The molecule has 0 fully saturated rings. The molecule has 0 aliphatic heterocycles. The number of nitrogens with one attached hydrogen (secondary N) is 1. The molecule has 0 saturated heterocycles. The van der Waals surface area contributed by atoms with Crippen molar-refractivity contribution in [3.63, 3.8) is 0 Å². The quantitative estimate of drug-likeness (QED) is 0.584. The van der Waals surface area contributed by atoms with Crippen LogP contribution in [0.1, 0.15) is 22.7 Å². The Hall–Kier alpha value is -3.16. The Morgan fingerprint density at radius 1 is 0.968 bits per heavy atom. The molecule has 31 heavy (non-hydrogen) atoms. The molecule has 0 aliphatic carbocycles. The highest BCUT2D eigenvalue weighted by Crippen LogP contribution is 2.25. The van der Waals surface area contributed by atoms with Crippen LogP contribution in [0.5, 0.6) is 5.75 Å². The largest absolute Gasteiger partial charge is 0.497 e. The summed E-state index contributed by atoms with van der Waals surface area (Å²) in [5.41, 5.74) is 2.92. The molecular formula is C24H26N2O4S. The fraction of sp³-hybridized carbons (Fsp3) is 0.208. The number of aryl methyl sites for hydroxylation is 1. The lowest BCUT2D eigenvalue weighted by atomic mass is 9.95. The summed E-state index contributed by atoms with van der Waals surface area (Å²) in [5.74, 6) is 0.167. The average Bonchev–Trinajstić information content (AvgIpc) is 2.78. The first-order valence-electron chi connectivity index (χ1n) is 9.83. The van der Waals surface area contributed by atoms with Crippen LogP contribution in [0, 0.1) is 6.92 Å². The first-order chi connectivity index (χ1) is 14.8. The van der Waals surface area contributed by atoms with Crippen molar-refractivity contribution < 1.29 is 17.9 Å². The van der Waals surface area contributed by atoms with E-state index in [1.165, 1.54) is 26.3 Å². The molecule has 0 radical (unpaired) electrons. The summed E-state index contributed by atoms with van der Waals surface area (Å²) in [4.78, 5) is 13.0. The number of nitrogens with zero attached hydrogens (tertiary/aromatic N) is 1. The van der Waals surface area contributed by atoms with E-state index in [4.69, 9.17) is 4.74 Å². The molecule has 0 saturated carbocycles.